The van der Waals surface area contributed by atoms with Crippen molar-refractivity contribution in [2.75, 3.05) is 4.90 Å². The van der Waals surface area contributed by atoms with Crippen molar-refractivity contribution >= 4 is 17.1 Å². The van der Waals surface area contributed by atoms with E-state index in [0.29, 0.717) is 0 Å². The Balaban J connectivity index is 1.37. The summed E-state index contributed by atoms with van der Waals surface area (Å²) in [5.74, 6) is 1.79. The zero-order valence-electron chi connectivity index (χ0n) is 24.6. The Morgan fingerprint density at radius 1 is 0.356 bits per heavy atom. The van der Waals surface area contributed by atoms with E-state index >= 15 is 0 Å². The molecule has 2 heteroatoms. The van der Waals surface area contributed by atoms with Crippen LogP contribution in [0.15, 0.2) is 176 Å². The van der Waals surface area contributed by atoms with E-state index in [1.54, 1.807) is 0 Å². The van der Waals surface area contributed by atoms with Crippen molar-refractivity contribution in [3.63, 3.8) is 0 Å². The molecule has 0 saturated heterocycles. The molecule has 1 heterocycles. The van der Waals surface area contributed by atoms with Crippen molar-refractivity contribution in [1.29, 1.82) is 0 Å². The Morgan fingerprint density at radius 3 is 1.67 bits per heavy atom. The number of nitrogens with zero attached hydrogens (tertiary/aromatic N) is 1. The van der Waals surface area contributed by atoms with Gasteiger partial charge in [-0.05, 0) is 88.0 Å². The molecule has 2 nitrogen and oxygen atoms in total. The Kier molecular flexibility index (Phi) is 5.76. The number of para-hydroxylation sites is 3. The van der Waals surface area contributed by atoms with Crippen LogP contribution in [0.1, 0.15) is 22.3 Å². The van der Waals surface area contributed by atoms with Gasteiger partial charge < -0.3 is 9.64 Å². The van der Waals surface area contributed by atoms with E-state index in [2.05, 4.69) is 181 Å². The van der Waals surface area contributed by atoms with Gasteiger partial charge in [0, 0.05) is 28.2 Å². The van der Waals surface area contributed by atoms with Crippen LogP contribution in [0.5, 0.6) is 11.5 Å². The summed E-state index contributed by atoms with van der Waals surface area (Å²) in [4.78, 5) is 2.35. The predicted octanol–water partition coefficient (Wildman–Crippen LogP) is 11.3. The standard InChI is InChI=1S/C43H29NO/c1-4-14-30(15-5-1)31-24-27-42-40(28-31)43(38-22-12-13-23-41(38)45-42)37-21-11-10-20-35(37)36-26-25-34(29-39(36)43)44(32-16-6-2-7-17-32)33-18-8-3-9-19-33/h1-29H. The predicted molar refractivity (Wildman–Crippen MR) is 184 cm³/mol. The van der Waals surface area contributed by atoms with Gasteiger partial charge in [-0.1, -0.05) is 121 Å². The third-order valence-electron chi connectivity index (χ3n) is 9.32. The van der Waals surface area contributed by atoms with Crippen LogP contribution in [0.3, 0.4) is 0 Å². The average Bonchev–Trinajstić information content (AvgIpc) is 3.40. The van der Waals surface area contributed by atoms with E-state index < -0.39 is 5.41 Å². The maximum absolute atomic E-state index is 6.69. The van der Waals surface area contributed by atoms with Gasteiger partial charge in [-0.25, -0.2) is 0 Å². The number of hydrogen-bond acceptors (Lipinski definition) is 2. The first-order valence-corrected chi connectivity index (χ1v) is 15.4. The van der Waals surface area contributed by atoms with Gasteiger partial charge in [0.2, 0.25) is 0 Å². The Hall–Kier alpha value is -5.86. The molecule has 0 bridgehead atoms. The third-order valence-corrected chi connectivity index (χ3v) is 9.32. The van der Waals surface area contributed by atoms with Gasteiger partial charge in [-0.2, -0.15) is 0 Å². The summed E-state index contributed by atoms with van der Waals surface area (Å²) in [7, 11) is 0. The Morgan fingerprint density at radius 2 is 0.933 bits per heavy atom. The summed E-state index contributed by atoms with van der Waals surface area (Å²) >= 11 is 0. The first-order valence-electron chi connectivity index (χ1n) is 15.4. The van der Waals surface area contributed by atoms with E-state index in [-0.39, 0.29) is 0 Å². The summed E-state index contributed by atoms with van der Waals surface area (Å²) < 4.78 is 6.69. The lowest BCUT2D eigenvalue weighted by molar-refractivity contribution is 0.436. The van der Waals surface area contributed by atoms with Crippen molar-refractivity contribution in [2.24, 2.45) is 0 Å². The molecule has 9 rings (SSSR count). The molecule has 0 saturated carbocycles. The minimum atomic E-state index is -0.560. The van der Waals surface area contributed by atoms with Crippen molar-refractivity contribution in [3.05, 3.63) is 198 Å². The topological polar surface area (TPSA) is 12.5 Å². The van der Waals surface area contributed by atoms with Gasteiger partial charge in [0.25, 0.3) is 0 Å². The number of anilines is 3. The highest BCUT2D eigenvalue weighted by Gasteiger charge is 2.51. The van der Waals surface area contributed by atoms with Crippen molar-refractivity contribution in [3.8, 4) is 33.8 Å². The highest BCUT2D eigenvalue weighted by molar-refractivity contribution is 5.91. The van der Waals surface area contributed by atoms with E-state index in [9.17, 15) is 0 Å². The average molecular weight is 576 g/mol. The van der Waals surface area contributed by atoms with Crippen LogP contribution < -0.4 is 9.64 Å². The molecule has 7 aromatic carbocycles. The number of benzene rings is 7. The molecule has 1 aliphatic heterocycles. The highest BCUT2D eigenvalue weighted by Crippen LogP contribution is 2.63. The summed E-state index contributed by atoms with van der Waals surface area (Å²) in [6.07, 6.45) is 0. The van der Waals surface area contributed by atoms with E-state index in [1.165, 1.54) is 33.4 Å². The molecule has 0 aromatic heterocycles. The smallest absolute Gasteiger partial charge is 0.132 e. The zero-order valence-corrected chi connectivity index (χ0v) is 24.6. The molecular weight excluding hydrogens is 546 g/mol. The lowest BCUT2D eigenvalue weighted by Gasteiger charge is -2.40. The lowest BCUT2D eigenvalue weighted by Crippen LogP contribution is -2.32. The molecule has 1 atom stereocenters. The molecule has 1 spiro atoms. The Bertz CT molecular complexity index is 2150. The minimum Gasteiger partial charge on any atom is -0.457 e. The van der Waals surface area contributed by atoms with Crippen LogP contribution in [0.25, 0.3) is 22.3 Å². The highest BCUT2D eigenvalue weighted by atomic mass is 16.5. The van der Waals surface area contributed by atoms with Gasteiger partial charge >= 0.3 is 0 Å². The molecule has 2 aliphatic rings. The first kappa shape index (κ1) is 25.6. The molecule has 1 unspecified atom stereocenters. The fraction of sp³-hybridized carbons (Fsp3) is 0.0233. The molecule has 0 fully saturated rings. The van der Waals surface area contributed by atoms with Crippen molar-refractivity contribution < 1.29 is 4.74 Å². The van der Waals surface area contributed by atoms with E-state index in [4.69, 9.17) is 4.74 Å². The molecule has 7 aromatic rings. The van der Waals surface area contributed by atoms with Crippen LogP contribution in [-0.2, 0) is 5.41 Å². The number of rotatable bonds is 4. The first-order chi connectivity index (χ1) is 22.3. The minimum absolute atomic E-state index is 0.560. The zero-order chi connectivity index (χ0) is 29.8. The van der Waals surface area contributed by atoms with Crippen LogP contribution in [0.2, 0.25) is 0 Å². The lowest BCUT2D eigenvalue weighted by atomic mass is 9.65. The fourth-order valence-electron chi connectivity index (χ4n) is 7.44. The number of ether oxygens (including phenoxy) is 1. The van der Waals surface area contributed by atoms with Crippen LogP contribution in [0, 0.1) is 0 Å². The summed E-state index contributed by atoms with van der Waals surface area (Å²) in [5.41, 5.74) is 12.5. The van der Waals surface area contributed by atoms with Crippen LogP contribution in [0.4, 0.5) is 17.1 Å². The molecule has 0 N–H and O–H groups in total. The molecule has 0 radical (unpaired) electrons. The molecule has 0 amide bonds. The second kappa shape index (κ2) is 10.1. The van der Waals surface area contributed by atoms with Gasteiger partial charge in [0.05, 0.1) is 5.41 Å². The van der Waals surface area contributed by atoms with Crippen molar-refractivity contribution in [2.45, 2.75) is 5.41 Å². The number of hydrogen-bond donors (Lipinski definition) is 0. The monoisotopic (exact) mass is 575 g/mol. The molecule has 212 valence electrons. The quantitative estimate of drug-likeness (QED) is 0.207. The van der Waals surface area contributed by atoms with Gasteiger partial charge in [0.15, 0.2) is 0 Å². The third kappa shape index (κ3) is 3.82. The second-order valence-corrected chi connectivity index (χ2v) is 11.7. The molecular formula is C43H29NO. The summed E-state index contributed by atoms with van der Waals surface area (Å²) in [6, 6.07) is 63.0. The Labute approximate surface area is 263 Å². The summed E-state index contributed by atoms with van der Waals surface area (Å²) in [6.45, 7) is 0. The van der Waals surface area contributed by atoms with Gasteiger partial charge in [0.1, 0.15) is 11.5 Å². The molecule has 45 heavy (non-hydrogen) atoms. The van der Waals surface area contributed by atoms with Crippen molar-refractivity contribution in [1.82, 2.24) is 0 Å². The summed E-state index contributed by atoms with van der Waals surface area (Å²) in [5, 5.41) is 0. The van der Waals surface area contributed by atoms with Crippen LogP contribution in [-0.4, -0.2) is 0 Å². The fourth-order valence-corrected chi connectivity index (χ4v) is 7.44. The SMILES string of the molecule is c1ccc(-c2ccc3c(c2)C2(c4ccccc4O3)c3ccccc3-c3ccc(N(c4ccccc4)c4ccccc4)cc32)cc1. The maximum Gasteiger partial charge on any atom is 0.132 e. The van der Waals surface area contributed by atoms with E-state index in [1.807, 2.05) is 0 Å². The van der Waals surface area contributed by atoms with Gasteiger partial charge in [-0.3, -0.25) is 0 Å². The largest absolute Gasteiger partial charge is 0.457 e. The normalized spacial score (nSPS) is 15.4. The van der Waals surface area contributed by atoms with Crippen LogP contribution >= 0.6 is 0 Å². The molecule has 1 aliphatic carbocycles. The number of fused-ring (bicyclic) bond motifs is 9. The second-order valence-electron chi connectivity index (χ2n) is 11.7. The van der Waals surface area contributed by atoms with E-state index in [0.717, 1.165) is 39.7 Å². The maximum atomic E-state index is 6.69. The van der Waals surface area contributed by atoms with Gasteiger partial charge in [-0.15, -0.1) is 0 Å².